The Kier molecular flexibility index (Phi) is 3.05. The summed E-state index contributed by atoms with van der Waals surface area (Å²) >= 11 is 7.37. The number of hydrogen-bond acceptors (Lipinski definition) is 3. The Morgan fingerprint density at radius 2 is 2.46 bits per heavy atom. The molecule has 2 aromatic rings. The van der Waals surface area contributed by atoms with Crippen LogP contribution in [0.4, 0.5) is 0 Å². The lowest BCUT2D eigenvalue weighted by atomic mass is 10.2. The van der Waals surface area contributed by atoms with Crippen molar-refractivity contribution in [2.45, 2.75) is 5.33 Å². The maximum absolute atomic E-state index is 5.32. The van der Waals surface area contributed by atoms with Gasteiger partial charge in [0, 0.05) is 16.3 Å². The molecule has 2 aromatic heterocycles. The molecule has 2 rings (SSSR count). The van der Waals surface area contributed by atoms with E-state index in [4.69, 9.17) is 4.42 Å². The van der Waals surface area contributed by atoms with Crippen LogP contribution in [0.2, 0.25) is 0 Å². The maximum Gasteiger partial charge on any atom is 0.181 e. The lowest BCUT2D eigenvalue weighted by Crippen LogP contribution is -1.79. The first kappa shape index (κ1) is 9.67. The molecule has 5 heteroatoms. The standard InChI is InChI=1S/C8H5BrINOS/c9-2-6-8(12-4-11-6)5-1-7(10)13-3-5/h1,3-4H,2H2. The lowest BCUT2D eigenvalue weighted by Gasteiger charge is -1.92. The highest BCUT2D eigenvalue weighted by Gasteiger charge is 2.10. The zero-order valence-corrected chi connectivity index (χ0v) is 11.0. The molecule has 13 heavy (non-hydrogen) atoms. The fourth-order valence-electron chi connectivity index (χ4n) is 1.03. The van der Waals surface area contributed by atoms with Gasteiger partial charge in [-0.3, -0.25) is 0 Å². The van der Waals surface area contributed by atoms with E-state index < -0.39 is 0 Å². The largest absolute Gasteiger partial charge is 0.443 e. The summed E-state index contributed by atoms with van der Waals surface area (Å²) in [7, 11) is 0. The average Bonchev–Trinajstić information content (AvgIpc) is 2.71. The summed E-state index contributed by atoms with van der Waals surface area (Å²) in [5, 5.41) is 2.81. The zero-order valence-electron chi connectivity index (χ0n) is 6.46. The van der Waals surface area contributed by atoms with Crippen molar-refractivity contribution in [3.05, 3.63) is 26.4 Å². The fourth-order valence-corrected chi connectivity index (χ4v) is 2.75. The molecule has 0 unspecified atom stereocenters. The fraction of sp³-hybridized carbons (Fsp3) is 0.125. The van der Waals surface area contributed by atoms with E-state index in [9.17, 15) is 0 Å². The SMILES string of the molecule is BrCc1ncoc1-c1csc(I)c1. The molecule has 2 heterocycles. The van der Waals surface area contributed by atoms with Crippen molar-refractivity contribution in [3.63, 3.8) is 0 Å². The van der Waals surface area contributed by atoms with E-state index in [1.54, 1.807) is 11.3 Å². The van der Waals surface area contributed by atoms with Gasteiger partial charge in [-0.1, -0.05) is 15.9 Å². The summed E-state index contributed by atoms with van der Waals surface area (Å²) in [6, 6.07) is 2.10. The molecule has 0 spiro atoms. The molecule has 0 aliphatic rings. The Hall–Kier alpha value is 0.120. The number of alkyl halides is 1. The van der Waals surface area contributed by atoms with Gasteiger partial charge in [0.15, 0.2) is 12.2 Å². The number of hydrogen-bond donors (Lipinski definition) is 0. The van der Waals surface area contributed by atoms with Gasteiger partial charge in [-0.25, -0.2) is 4.98 Å². The number of nitrogens with zero attached hydrogens (tertiary/aromatic N) is 1. The number of rotatable bonds is 2. The van der Waals surface area contributed by atoms with Gasteiger partial charge in [-0.05, 0) is 28.7 Å². The van der Waals surface area contributed by atoms with Crippen LogP contribution in [0.25, 0.3) is 11.3 Å². The molecule has 0 N–H and O–H groups in total. The van der Waals surface area contributed by atoms with E-state index in [1.807, 2.05) is 0 Å². The molecule has 0 aliphatic heterocycles. The van der Waals surface area contributed by atoms with Gasteiger partial charge in [0.05, 0.1) is 8.58 Å². The average molecular weight is 370 g/mol. The van der Waals surface area contributed by atoms with Crippen LogP contribution in [0.15, 0.2) is 22.3 Å². The normalized spacial score (nSPS) is 10.6. The molecular weight excluding hydrogens is 365 g/mol. The molecule has 2 nitrogen and oxygen atoms in total. The highest BCUT2D eigenvalue weighted by atomic mass is 127. The monoisotopic (exact) mass is 369 g/mol. The first-order valence-electron chi connectivity index (χ1n) is 3.54. The van der Waals surface area contributed by atoms with Crippen LogP contribution >= 0.6 is 49.9 Å². The molecule has 0 aromatic carbocycles. The van der Waals surface area contributed by atoms with Crippen LogP contribution in [0.5, 0.6) is 0 Å². The van der Waals surface area contributed by atoms with Crippen molar-refractivity contribution >= 4 is 49.9 Å². The third-order valence-corrected chi connectivity index (χ3v) is 3.92. The van der Waals surface area contributed by atoms with Crippen LogP contribution in [0, 0.1) is 2.88 Å². The molecule has 0 fully saturated rings. The van der Waals surface area contributed by atoms with E-state index in [0.29, 0.717) is 0 Å². The Labute approximate surface area is 102 Å². The minimum absolute atomic E-state index is 0.727. The zero-order chi connectivity index (χ0) is 9.26. The number of aromatic nitrogens is 1. The van der Waals surface area contributed by atoms with Crippen LogP contribution in [-0.2, 0) is 5.33 Å². The Balaban J connectivity index is 2.45. The molecule has 0 saturated heterocycles. The Bertz CT molecular complexity index is 412. The van der Waals surface area contributed by atoms with Crippen molar-refractivity contribution in [1.29, 1.82) is 0 Å². The highest BCUT2D eigenvalue weighted by Crippen LogP contribution is 2.29. The summed E-state index contributed by atoms with van der Waals surface area (Å²) in [6.07, 6.45) is 1.48. The first-order chi connectivity index (χ1) is 6.31. The first-order valence-corrected chi connectivity index (χ1v) is 6.62. The second-order valence-corrected chi connectivity index (χ2v) is 5.77. The third kappa shape index (κ3) is 1.97. The van der Waals surface area contributed by atoms with Crippen molar-refractivity contribution in [2.24, 2.45) is 0 Å². The minimum Gasteiger partial charge on any atom is -0.443 e. The van der Waals surface area contributed by atoms with Gasteiger partial charge < -0.3 is 4.42 Å². The smallest absolute Gasteiger partial charge is 0.181 e. The molecule has 0 bridgehead atoms. The number of halogens is 2. The summed E-state index contributed by atoms with van der Waals surface area (Å²) in [4.78, 5) is 4.11. The highest BCUT2D eigenvalue weighted by molar-refractivity contribution is 14.1. The molecule has 0 saturated carbocycles. The molecule has 68 valence electrons. The van der Waals surface area contributed by atoms with Gasteiger partial charge in [0.1, 0.15) is 0 Å². The molecular formula is C8H5BrINOS. The van der Waals surface area contributed by atoms with Gasteiger partial charge in [0.2, 0.25) is 0 Å². The van der Waals surface area contributed by atoms with E-state index in [0.717, 1.165) is 22.3 Å². The van der Waals surface area contributed by atoms with Gasteiger partial charge >= 0.3 is 0 Å². The van der Waals surface area contributed by atoms with Gasteiger partial charge in [-0.2, -0.15) is 0 Å². The van der Waals surface area contributed by atoms with E-state index in [1.165, 1.54) is 9.28 Å². The Morgan fingerprint density at radius 3 is 3.08 bits per heavy atom. The minimum atomic E-state index is 0.727. The Morgan fingerprint density at radius 1 is 1.62 bits per heavy atom. The number of oxazole rings is 1. The van der Waals surface area contributed by atoms with Crippen molar-refractivity contribution in [3.8, 4) is 11.3 Å². The van der Waals surface area contributed by atoms with Crippen LogP contribution < -0.4 is 0 Å². The van der Waals surface area contributed by atoms with Crippen molar-refractivity contribution in [1.82, 2.24) is 4.98 Å². The van der Waals surface area contributed by atoms with Crippen LogP contribution in [-0.4, -0.2) is 4.98 Å². The molecule has 0 atom stereocenters. The lowest BCUT2D eigenvalue weighted by molar-refractivity contribution is 0.571. The summed E-state index contributed by atoms with van der Waals surface area (Å²) < 4.78 is 6.57. The summed E-state index contributed by atoms with van der Waals surface area (Å²) in [5.74, 6) is 0.871. The quantitative estimate of drug-likeness (QED) is 0.592. The predicted octanol–water partition coefficient (Wildman–Crippen LogP) is 3.90. The second-order valence-electron chi connectivity index (χ2n) is 2.40. The molecule has 0 aliphatic carbocycles. The summed E-state index contributed by atoms with van der Waals surface area (Å²) in [5.41, 5.74) is 2.07. The predicted molar refractivity (Wildman–Crippen MR) is 65.2 cm³/mol. The van der Waals surface area contributed by atoms with Gasteiger partial charge in [-0.15, -0.1) is 11.3 Å². The van der Waals surface area contributed by atoms with E-state index in [-0.39, 0.29) is 0 Å². The van der Waals surface area contributed by atoms with Crippen molar-refractivity contribution in [2.75, 3.05) is 0 Å². The van der Waals surface area contributed by atoms with Crippen molar-refractivity contribution < 1.29 is 4.42 Å². The van der Waals surface area contributed by atoms with Crippen LogP contribution in [0.1, 0.15) is 5.69 Å². The summed E-state index contributed by atoms with van der Waals surface area (Å²) in [6.45, 7) is 0. The second kappa shape index (κ2) is 4.10. The van der Waals surface area contributed by atoms with Gasteiger partial charge in [0.25, 0.3) is 0 Å². The molecule has 0 radical (unpaired) electrons. The van der Waals surface area contributed by atoms with Crippen LogP contribution in [0.3, 0.4) is 0 Å². The molecule has 0 amide bonds. The topological polar surface area (TPSA) is 26.0 Å². The van der Waals surface area contributed by atoms with E-state index >= 15 is 0 Å². The van der Waals surface area contributed by atoms with E-state index in [2.05, 4.69) is 55.0 Å². The maximum atomic E-state index is 5.32. The third-order valence-electron chi connectivity index (χ3n) is 1.60. The number of thiophene rings is 1.